The first-order valence-electron chi connectivity index (χ1n) is 17.0. The Bertz CT molecular complexity index is 1970. The summed E-state index contributed by atoms with van der Waals surface area (Å²) >= 11 is 0. The summed E-state index contributed by atoms with van der Waals surface area (Å²) < 4.78 is 2.38. The summed E-state index contributed by atoms with van der Waals surface area (Å²) in [5.74, 6) is 0. The van der Waals surface area contributed by atoms with E-state index >= 15 is 0 Å². The van der Waals surface area contributed by atoms with Crippen LogP contribution in [0.2, 0.25) is 0 Å². The molecular formula is C45H49N3. The smallest absolute Gasteiger partial charge is 0.0484 e. The van der Waals surface area contributed by atoms with Crippen LogP contribution in [-0.4, -0.2) is 11.1 Å². The normalized spacial score (nSPS) is 11.1. The number of rotatable bonds is 14. The Kier molecular flexibility index (Phi) is 11.0. The maximum Gasteiger partial charge on any atom is 0.0484 e. The number of benzene rings is 4. The third-order valence-corrected chi connectivity index (χ3v) is 9.18. The minimum Gasteiger partial charge on any atom is -0.388 e. The third kappa shape index (κ3) is 7.31. The van der Waals surface area contributed by atoms with Crippen molar-refractivity contribution in [3.63, 3.8) is 0 Å². The third-order valence-electron chi connectivity index (χ3n) is 9.18. The molecule has 0 aliphatic heterocycles. The molecule has 244 valence electrons. The molecule has 0 radical (unpaired) electrons. The van der Waals surface area contributed by atoms with E-state index < -0.39 is 0 Å². The van der Waals surface area contributed by atoms with Crippen LogP contribution in [0.25, 0.3) is 34.0 Å². The first-order chi connectivity index (χ1) is 23.3. The van der Waals surface area contributed by atoms with Gasteiger partial charge in [0.25, 0.3) is 0 Å². The SMILES string of the molecule is C=CCCc1cc(C=C)c(C)n1-c1ccc(-c2cc(CC)cc(-c3ccc(N(/C=C/CNC=C)c4ccccc4C)cc3C)c2)c(C)c1. The van der Waals surface area contributed by atoms with E-state index in [1.165, 1.54) is 67.1 Å². The summed E-state index contributed by atoms with van der Waals surface area (Å²) in [6.45, 7) is 23.5. The van der Waals surface area contributed by atoms with Gasteiger partial charge in [-0.05, 0) is 152 Å². The fourth-order valence-corrected chi connectivity index (χ4v) is 6.58. The minimum absolute atomic E-state index is 0.716. The van der Waals surface area contributed by atoms with Crippen molar-refractivity contribution in [3.8, 4) is 27.9 Å². The summed E-state index contributed by atoms with van der Waals surface area (Å²) in [6.07, 6.45) is 12.8. The molecular weight excluding hydrogens is 583 g/mol. The number of nitrogens with zero attached hydrogens (tertiary/aromatic N) is 2. The van der Waals surface area contributed by atoms with Crippen LogP contribution in [0.5, 0.6) is 0 Å². The highest BCUT2D eigenvalue weighted by Crippen LogP contribution is 2.36. The predicted molar refractivity (Wildman–Crippen MR) is 209 cm³/mol. The van der Waals surface area contributed by atoms with Crippen LogP contribution in [0, 0.1) is 27.7 Å². The van der Waals surface area contributed by atoms with E-state index in [2.05, 4.69) is 166 Å². The van der Waals surface area contributed by atoms with Gasteiger partial charge in [0.05, 0.1) is 0 Å². The maximum atomic E-state index is 4.05. The van der Waals surface area contributed by atoms with E-state index in [0.717, 1.165) is 30.6 Å². The average molecular weight is 632 g/mol. The average Bonchev–Trinajstić information content (AvgIpc) is 3.42. The molecule has 5 aromatic rings. The predicted octanol–water partition coefficient (Wildman–Crippen LogP) is 11.8. The van der Waals surface area contributed by atoms with E-state index in [4.69, 9.17) is 0 Å². The lowest BCUT2D eigenvalue weighted by Gasteiger charge is -2.24. The van der Waals surface area contributed by atoms with Crippen LogP contribution < -0.4 is 10.2 Å². The number of para-hydroxylation sites is 1. The molecule has 0 unspecified atom stereocenters. The lowest BCUT2D eigenvalue weighted by Crippen LogP contribution is -2.12. The second kappa shape index (κ2) is 15.5. The topological polar surface area (TPSA) is 20.2 Å². The Hall–Kier alpha value is -5.28. The maximum absolute atomic E-state index is 4.05. The number of aromatic nitrogens is 1. The summed E-state index contributed by atoms with van der Waals surface area (Å²) in [4.78, 5) is 2.27. The van der Waals surface area contributed by atoms with E-state index in [1.54, 1.807) is 6.20 Å². The van der Waals surface area contributed by atoms with Crippen molar-refractivity contribution in [2.45, 2.75) is 53.9 Å². The van der Waals surface area contributed by atoms with Crippen LogP contribution in [0.3, 0.4) is 0 Å². The van der Waals surface area contributed by atoms with Crippen LogP contribution in [0.15, 0.2) is 129 Å². The Morgan fingerprint density at radius 2 is 1.48 bits per heavy atom. The zero-order valence-electron chi connectivity index (χ0n) is 29.3. The molecule has 0 bridgehead atoms. The van der Waals surface area contributed by atoms with Crippen molar-refractivity contribution < 1.29 is 0 Å². The van der Waals surface area contributed by atoms with Gasteiger partial charge < -0.3 is 14.8 Å². The Balaban J connectivity index is 1.53. The van der Waals surface area contributed by atoms with Gasteiger partial charge in [0.1, 0.15) is 0 Å². The Morgan fingerprint density at radius 1 is 0.771 bits per heavy atom. The van der Waals surface area contributed by atoms with Crippen molar-refractivity contribution in [1.82, 2.24) is 9.88 Å². The number of allylic oxidation sites excluding steroid dienone is 1. The van der Waals surface area contributed by atoms with Crippen molar-refractivity contribution in [1.29, 1.82) is 0 Å². The minimum atomic E-state index is 0.716. The highest BCUT2D eigenvalue weighted by Gasteiger charge is 2.15. The van der Waals surface area contributed by atoms with E-state index in [9.17, 15) is 0 Å². The van der Waals surface area contributed by atoms with Gasteiger partial charge in [0.15, 0.2) is 0 Å². The number of hydrogen-bond acceptors (Lipinski definition) is 2. The molecule has 3 nitrogen and oxygen atoms in total. The molecule has 0 fully saturated rings. The number of aryl methyl sites for hydroxylation is 5. The van der Waals surface area contributed by atoms with Gasteiger partial charge >= 0.3 is 0 Å². The molecule has 1 aromatic heterocycles. The summed E-state index contributed by atoms with van der Waals surface area (Å²) in [6, 6.07) is 31.5. The summed E-state index contributed by atoms with van der Waals surface area (Å²) in [5.41, 5.74) is 17.2. The van der Waals surface area contributed by atoms with Gasteiger partial charge in [-0.25, -0.2) is 0 Å². The van der Waals surface area contributed by atoms with Crippen molar-refractivity contribution >= 4 is 17.5 Å². The molecule has 0 amide bonds. The quantitative estimate of drug-likeness (QED) is 0.0972. The Morgan fingerprint density at radius 3 is 2.10 bits per heavy atom. The second-order valence-corrected chi connectivity index (χ2v) is 12.5. The lowest BCUT2D eigenvalue weighted by atomic mass is 9.91. The molecule has 3 heteroatoms. The van der Waals surface area contributed by atoms with Crippen LogP contribution >= 0.6 is 0 Å². The molecule has 48 heavy (non-hydrogen) atoms. The molecule has 4 aromatic carbocycles. The molecule has 0 atom stereocenters. The Labute approximate surface area is 288 Å². The molecule has 0 aliphatic rings. The van der Waals surface area contributed by atoms with Crippen LogP contribution in [-0.2, 0) is 12.8 Å². The van der Waals surface area contributed by atoms with Crippen molar-refractivity contribution in [2.75, 3.05) is 11.4 Å². The van der Waals surface area contributed by atoms with Gasteiger partial charge in [-0.1, -0.05) is 74.7 Å². The first-order valence-corrected chi connectivity index (χ1v) is 17.0. The molecule has 0 spiro atoms. The fourth-order valence-electron chi connectivity index (χ4n) is 6.58. The van der Waals surface area contributed by atoms with Crippen LogP contribution in [0.4, 0.5) is 11.4 Å². The monoisotopic (exact) mass is 631 g/mol. The molecule has 0 aliphatic carbocycles. The van der Waals surface area contributed by atoms with E-state index in [1.807, 2.05) is 12.2 Å². The highest BCUT2D eigenvalue weighted by molar-refractivity contribution is 5.80. The summed E-state index contributed by atoms with van der Waals surface area (Å²) in [7, 11) is 0. The van der Waals surface area contributed by atoms with E-state index in [0.29, 0.717) is 6.54 Å². The number of hydrogen-bond donors (Lipinski definition) is 1. The molecule has 0 saturated carbocycles. The molecule has 1 N–H and O–H groups in total. The first kappa shape index (κ1) is 34.1. The standard InChI is InChI=1S/C45H49N3/c1-9-13-18-41-31-37(11-3)35(8)48(41)42-21-23-44(34(7)27-42)39-29-36(10-2)28-38(30-39)43-22-20-40(26-33(43)6)47(25-16-24-46-12-4)45-19-15-14-17-32(45)5/h9,11-12,14-17,19-23,25-31,46H,1,3-4,10,13,18,24H2,2,5-8H3/b25-16+. The largest absolute Gasteiger partial charge is 0.388 e. The van der Waals surface area contributed by atoms with Gasteiger partial charge in [0.2, 0.25) is 0 Å². The van der Waals surface area contributed by atoms with Crippen molar-refractivity contribution in [3.05, 3.63) is 168 Å². The van der Waals surface area contributed by atoms with Gasteiger partial charge in [-0.2, -0.15) is 0 Å². The molecule has 0 saturated heterocycles. The molecule has 5 rings (SSSR count). The number of nitrogens with one attached hydrogen (secondary N) is 1. The second-order valence-electron chi connectivity index (χ2n) is 12.5. The lowest BCUT2D eigenvalue weighted by molar-refractivity contribution is 0.865. The van der Waals surface area contributed by atoms with Crippen molar-refractivity contribution in [2.24, 2.45) is 0 Å². The number of anilines is 2. The molecule has 1 heterocycles. The summed E-state index contributed by atoms with van der Waals surface area (Å²) in [5, 5.41) is 3.17. The van der Waals surface area contributed by atoms with Gasteiger partial charge in [-0.3, -0.25) is 0 Å². The van der Waals surface area contributed by atoms with Crippen LogP contribution in [0.1, 0.15) is 52.5 Å². The van der Waals surface area contributed by atoms with Gasteiger partial charge in [-0.15, -0.1) is 6.58 Å². The highest BCUT2D eigenvalue weighted by atomic mass is 15.1. The van der Waals surface area contributed by atoms with Gasteiger partial charge in [0, 0.05) is 41.2 Å². The zero-order valence-corrected chi connectivity index (χ0v) is 29.3. The fraction of sp³-hybridized carbons (Fsp3) is 0.200. The van der Waals surface area contributed by atoms with E-state index in [-0.39, 0.29) is 0 Å². The zero-order chi connectivity index (χ0) is 34.2.